The number of amides is 1. The highest BCUT2D eigenvalue weighted by atomic mass is 16.3. The third kappa shape index (κ3) is 8.22. The molecule has 0 aromatic rings. The maximum atomic E-state index is 12.0. The number of rotatable bonds is 8. The summed E-state index contributed by atoms with van der Waals surface area (Å²) < 4.78 is 0. The molecule has 1 amide bonds. The van der Waals surface area contributed by atoms with E-state index in [0.717, 1.165) is 12.8 Å². The van der Waals surface area contributed by atoms with Crippen LogP contribution < -0.4 is 10.6 Å². The zero-order valence-corrected chi connectivity index (χ0v) is 13.6. The summed E-state index contributed by atoms with van der Waals surface area (Å²) in [6, 6.07) is -0.301. The van der Waals surface area contributed by atoms with Crippen LogP contribution in [0.5, 0.6) is 0 Å². The Balaban J connectivity index is 4.24. The van der Waals surface area contributed by atoms with Crippen molar-refractivity contribution in [3.05, 3.63) is 0 Å². The highest BCUT2D eigenvalue weighted by molar-refractivity contribution is 5.81. The maximum absolute atomic E-state index is 12.0. The van der Waals surface area contributed by atoms with Crippen molar-refractivity contribution >= 4 is 5.91 Å². The smallest absolute Gasteiger partial charge is 0.237 e. The van der Waals surface area contributed by atoms with Crippen molar-refractivity contribution in [3.8, 4) is 0 Å². The molecule has 0 saturated heterocycles. The lowest BCUT2D eigenvalue weighted by Crippen LogP contribution is -2.53. The van der Waals surface area contributed by atoms with Gasteiger partial charge in [-0.3, -0.25) is 4.79 Å². The van der Waals surface area contributed by atoms with Crippen molar-refractivity contribution in [2.45, 2.75) is 78.5 Å². The van der Waals surface area contributed by atoms with Crippen LogP contribution >= 0.6 is 0 Å². The molecule has 0 radical (unpaired) electrons. The fourth-order valence-corrected chi connectivity index (χ4v) is 1.95. The standard InChI is InChI=1S/C15H32N2O2/c1-8-14(5,6)17-13(18)12(4)16-10-15(7,19)9-11(2)3/h11-12,16,19H,8-10H2,1-7H3,(H,17,18). The van der Waals surface area contributed by atoms with Gasteiger partial charge in [0, 0.05) is 12.1 Å². The average molecular weight is 272 g/mol. The molecule has 4 heteroatoms. The van der Waals surface area contributed by atoms with Gasteiger partial charge in [-0.2, -0.15) is 0 Å². The fraction of sp³-hybridized carbons (Fsp3) is 0.933. The first-order valence-electron chi connectivity index (χ1n) is 7.27. The van der Waals surface area contributed by atoms with Crippen LogP contribution in [-0.2, 0) is 4.79 Å². The van der Waals surface area contributed by atoms with E-state index in [2.05, 4.69) is 24.5 Å². The molecule has 0 aromatic carbocycles. The van der Waals surface area contributed by atoms with Crippen molar-refractivity contribution in [3.63, 3.8) is 0 Å². The van der Waals surface area contributed by atoms with Gasteiger partial charge in [0.25, 0.3) is 0 Å². The Labute approximate surface area is 118 Å². The predicted octanol–water partition coefficient (Wildman–Crippen LogP) is 2.07. The largest absolute Gasteiger partial charge is 0.389 e. The molecule has 0 spiro atoms. The van der Waals surface area contributed by atoms with Crippen LogP contribution in [0.1, 0.15) is 61.3 Å². The Morgan fingerprint density at radius 1 is 1.21 bits per heavy atom. The molecule has 0 aliphatic rings. The number of carbonyl (C=O) groups is 1. The molecule has 3 N–H and O–H groups in total. The quantitative estimate of drug-likeness (QED) is 0.634. The molecule has 0 bridgehead atoms. The van der Waals surface area contributed by atoms with Gasteiger partial charge < -0.3 is 15.7 Å². The molecule has 2 unspecified atom stereocenters. The summed E-state index contributed by atoms with van der Waals surface area (Å²) in [6.07, 6.45) is 1.60. The lowest BCUT2D eigenvalue weighted by Gasteiger charge is -2.30. The lowest BCUT2D eigenvalue weighted by atomic mass is 9.94. The second kappa shape index (κ2) is 7.25. The zero-order chi connectivity index (χ0) is 15.3. The second-order valence-corrected chi connectivity index (χ2v) is 6.92. The molecular formula is C15H32N2O2. The van der Waals surface area contributed by atoms with Crippen LogP contribution in [0.15, 0.2) is 0 Å². The van der Waals surface area contributed by atoms with Gasteiger partial charge in [-0.25, -0.2) is 0 Å². The van der Waals surface area contributed by atoms with Crippen LogP contribution in [0.25, 0.3) is 0 Å². The van der Waals surface area contributed by atoms with Crippen molar-refractivity contribution in [2.24, 2.45) is 5.92 Å². The van der Waals surface area contributed by atoms with E-state index in [0.29, 0.717) is 12.5 Å². The SMILES string of the molecule is CCC(C)(C)NC(=O)C(C)NCC(C)(O)CC(C)C. The summed E-state index contributed by atoms with van der Waals surface area (Å²) in [5, 5.41) is 16.3. The molecule has 0 fully saturated rings. The summed E-state index contributed by atoms with van der Waals surface area (Å²) >= 11 is 0. The van der Waals surface area contributed by atoms with Crippen molar-refractivity contribution in [1.82, 2.24) is 10.6 Å². The van der Waals surface area contributed by atoms with Crippen LogP contribution in [0.2, 0.25) is 0 Å². The monoisotopic (exact) mass is 272 g/mol. The van der Waals surface area contributed by atoms with E-state index in [1.165, 1.54) is 0 Å². The predicted molar refractivity (Wildman–Crippen MR) is 80.1 cm³/mol. The van der Waals surface area contributed by atoms with Gasteiger partial charge in [0.1, 0.15) is 0 Å². The van der Waals surface area contributed by atoms with Crippen LogP contribution in [0, 0.1) is 5.92 Å². The van der Waals surface area contributed by atoms with Crippen molar-refractivity contribution < 1.29 is 9.90 Å². The minimum Gasteiger partial charge on any atom is -0.389 e. The molecule has 0 heterocycles. The molecule has 19 heavy (non-hydrogen) atoms. The summed E-state index contributed by atoms with van der Waals surface area (Å²) in [5.41, 5.74) is -0.962. The summed E-state index contributed by atoms with van der Waals surface area (Å²) in [5.74, 6) is 0.409. The maximum Gasteiger partial charge on any atom is 0.237 e. The van der Waals surface area contributed by atoms with Crippen molar-refractivity contribution in [2.75, 3.05) is 6.54 Å². The van der Waals surface area contributed by atoms with Gasteiger partial charge in [0.05, 0.1) is 11.6 Å². The average Bonchev–Trinajstić information content (AvgIpc) is 2.23. The van der Waals surface area contributed by atoms with E-state index in [9.17, 15) is 9.90 Å². The minimum atomic E-state index is -0.775. The number of aliphatic hydroxyl groups is 1. The Morgan fingerprint density at radius 3 is 2.16 bits per heavy atom. The van der Waals surface area contributed by atoms with Crippen LogP contribution in [0.3, 0.4) is 0 Å². The third-order valence-corrected chi connectivity index (χ3v) is 3.38. The molecule has 4 nitrogen and oxygen atoms in total. The summed E-state index contributed by atoms with van der Waals surface area (Å²) in [6.45, 7) is 14.3. The topological polar surface area (TPSA) is 61.4 Å². The van der Waals surface area contributed by atoms with Gasteiger partial charge in [0.15, 0.2) is 0 Å². The molecule has 0 rings (SSSR count). The molecule has 0 saturated carbocycles. The first-order valence-corrected chi connectivity index (χ1v) is 7.27. The fourth-order valence-electron chi connectivity index (χ4n) is 1.95. The van der Waals surface area contributed by atoms with Gasteiger partial charge in [-0.15, -0.1) is 0 Å². The zero-order valence-electron chi connectivity index (χ0n) is 13.6. The Bertz CT molecular complexity index is 286. The number of carbonyl (C=O) groups excluding carboxylic acids is 1. The Kier molecular flexibility index (Phi) is 7.01. The van der Waals surface area contributed by atoms with E-state index in [1.54, 1.807) is 6.92 Å². The molecule has 0 aliphatic carbocycles. The normalized spacial score (nSPS) is 17.1. The third-order valence-electron chi connectivity index (χ3n) is 3.38. The van der Waals surface area contributed by atoms with Gasteiger partial charge in [-0.05, 0) is 46.5 Å². The van der Waals surface area contributed by atoms with Crippen LogP contribution in [0.4, 0.5) is 0 Å². The Morgan fingerprint density at radius 2 is 1.74 bits per heavy atom. The van der Waals surface area contributed by atoms with Gasteiger partial charge in [-0.1, -0.05) is 20.8 Å². The van der Waals surface area contributed by atoms with E-state index >= 15 is 0 Å². The molecule has 2 atom stereocenters. The Hall–Kier alpha value is -0.610. The first-order chi connectivity index (χ1) is 8.49. The minimum absolute atomic E-state index is 0.0211. The van der Waals surface area contributed by atoms with Gasteiger partial charge >= 0.3 is 0 Å². The van der Waals surface area contributed by atoms with Crippen molar-refractivity contribution in [1.29, 1.82) is 0 Å². The van der Waals surface area contributed by atoms with E-state index in [-0.39, 0.29) is 17.5 Å². The molecule has 0 aliphatic heterocycles. The lowest BCUT2D eigenvalue weighted by molar-refractivity contribution is -0.124. The second-order valence-electron chi connectivity index (χ2n) is 6.92. The molecule has 114 valence electrons. The number of hydrogen-bond donors (Lipinski definition) is 3. The summed E-state index contributed by atoms with van der Waals surface area (Å²) in [7, 11) is 0. The van der Waals surface area contributed by atoms with E-state index < -0.39 is 5.60 Å². The van der Waals surface area contributed by atoms with E-state index in [1.807, 2.05) is 27.7 Å². The number of hydrogen-bond acceptors (Lipinski definition) is 3. The van der Waals surface area contributed by atoms with Crippen LogP contribution in [-0.4, -0.2) is 34.7 Å². The first kappa shape index (κ1) is 18.4. The molecule has 0 aromatic heterocycles. The highest BCUT2D eigenvalue weighted by Crippen LogP contribution is 2.15. The highest BCUT2D eigenvalue weighted by Gasteiger charge is 2.25. The molecular weight excluding hydrogens is 240 g/mol. The van der Waals surface area contributed by atoms with Gasteiger partial charge in [0.2, 0.25) is 5.91 Å². The number of nitrogens with one attached hydrogen (secondary N) is 2. The summed E-state index contributed by atoms with van der Waals surface area (Å²) in [4.78, 5) is 12.0. The van der Waals surface area contributed by atoms with E-state index in [4.69, 9.17) is 0 Å².